The molecule has 86 valence electrons. The Morgan fingerprint density at radius 3 is 2.35 bits per heavy atom. The summed E-state index contributed by atoms with van der Waals surface area (Å²) in [6.07, 6.45) is 1.20. The summed E-state index contributed by atoms with van der Waals surface area (Å²) < 4.78 is 0. The predicted molar refractivity (Wildman–Crippen MR) is 59.3 cm³/mol. The number of rotatable bonds is 3. The van der Waals surface area contributed by atoms with Gasteiger partial charge in [0.15, 0.2) is 0 Å². The van der Waals surface area contributed by atoms with Crippen LogP contribution in [0.4, 0.5) is 5.69 Å². The number of nitrogens with zero attached hydrogens (tertiary/aromatic N) is 1. The van der Waals surface area contributed by atoms with Gasteiger partial charge in [-0.05, 0) is 23.8 Å². The Morgan fingerprint density at radius 1 is 1.35 bits per heavy atom. The molecule has 1 aromatic carbocycles. The van der Waals surface area contributed by atoms with E-state index in [1.54, 1.807) is 24.3 Å². The summed E-state index contributed by atoms with van der Waals surface area (Å²) in [5, 5.41) is 21.6. The second-order valence-corrected chi connectivity index (χ2v) is 3.26. The average molecular weight is 229 g/mol. The Morgan fingerprint density at radius 2 is 1.94 bits per heavy atom. The fraction of sp³-hybridized carbons (Fsp3) is 0.0833. The van der Waals surface area contributed by atoms with E-state index in [0.29, 0.717) is 11.3 Å². The van der Waals surface area contributed by atoms with Crippen LogP contribution in [0.1, 0.15) is 12.5 Å². The maximum atomic E-state index is 10.8. The highest BCUT2D eigenvalue weighted by molar-refractivity contribution is 5.95. The van der Waals surface area contributed by atoms with Crippen LogP contribution in [0.15, 0.2) is 29.8 Å². The Hall–Kier alpha value is -2.61. The summed E-state index contributed by atoms with van der Waals surface area (Å²) in [5.41, 5.74) is 0.693. The zero-order chi connectivity index (χ0) is 12.8. The summed E-state index contributed by atoms with van der Waals surface area (Å²) in [6.45, 7) is 1.39. The van der Waals surface area contributed by atoms with Crippen molar-refractivity contribution in [2.45, 2.75) is 6.92 Å². The van der Waals surface area contributed by atoms with E-state index < -0.39 is 11.5 Å². The molecule has 0 saturated heterocycles. The highest BCUT2D eigenvalue weighted by atomic mass is 16.4. The van der Waals surface area contributed by atoms with Gasteiger partial charge < -0.3 is 15.2 Å². The molecule has 0 atom stereocenters. The predicted octanol–water partition coefficient (Wildman–Crippen LogP) is 0.302. The molecule has 0 aliphatic rings. The van der Waals surface area contributed by atoms with E-state index in [0.717, 1.165) is 0 Å². The Labute approximate surface area is 98.0 Å². The quantitative estimate of drug-likeness (QED) is 0.596. The van der Waals surface area contributed by atoms with E-state index in [9.17, 15) is 14.7 Å². The summed E-state index contributed by atoms with van der Waals surface area (Å²) in [4.78, 5) is 21.2. The average Bonchev–Trinajstić information content (AvgIpc) is 2.26. The van der Waals surface area contributed by atoms with Crippen molar-refractivity contribution in [2.75, 3.05) is 5.32 Å². The molecular weight excluding hydrogens is 220 g/mol. The largest absolute Gasteiger partial charge is 0.544 e. The molecule has 0 heterocycles. The fourth-order valence-electron chi connectivity index (χ4n) is 1.17. The maximum absolute atomic E-state index is 10.8. The van der Waals surface area contributed by atoms with Gasteiger partial charge in [0.05, 0.1) is 11.5 Å². The Balaban J connectivity index is 2.92. The van der Waals surface area contributed by atoms with E-state index in [1.165, 1.54) is 19.1 Å². The van der Waals surface area contributed by atoms with Crippen molar-refractivity contribution in [3.63, 3.8) is 0 Å². The van der Waals surface area contributed by atoms with Crippen molar-refractivity contribution in [3.8, 4) is 6.07 Å². The number of nitrogens with one attached hydrogen (secondary N) is 1. The second-order valence-electron chi connectivity index (χ2n) is 3.26. The molecule has 0 aliphatic heterocycles. The SMILES string of the molecule is CC(=O)Nc1ccc(/C=C(\C#N)C(=O)[O-])cc1. The number of carboxylic acid groups (broad SMARTS) is 1. The van der Waals surface area contributed by atoms with E-state index in [4.69, 9.17) is 5.26 Å². The number of carbonyl (C=O) groups excluding carboxylic acids is 2. The van der Waals surface area contributed by atoms with E-state index >= 15 is 0 Å². The molecule has 17 heavy (non-hydrogen) atoms. The van der Waals surface area contributed by atoms with Gasteiger partial charge in [-0.25, -0.2) is 0 Å². The van der Waals surface area contributed by atoms with Gasteiger partial charge in [0.1, 0.15) is 6.07 Å². The molecule has 0 saturated carbocycles. The van der Waals surface area contributed by atoms with Crippen molar-refractivity contribution in [2.24, 2.45) is 0 Å². The molecule has 1 aromatic rings. The van der Waals surface area contributed by atoms with Gasteiger partial charge >= 0.3 is 0 Å². The van der Waals surface area contributed by atoms with Gasteiger partial charge in [-0.3, -0.25) is 4.79 Å². The minimum absolute atomic E-state index is 0.194. The number of hydrogen-bond acceptors (Lipinski definition) is 4. The van der Waals surface area contributed by atoms with Crippen LogP contribution < -0.4 is 10.4 Å². The first-order valence-electron chi connectivity index (χ1n) is 4.73. The third-order valence-corrected chi connectivity index (χ3v) is 1.88. The third-order valence-electron chi connectivity index (χ3n) is 1.88. The molecule has 0 bridgehead atoms. The maximum Gasteiger partial charge on any atom is 0.221 e. The van der Waals surface area contributed by atoms with E-state index in [1.807, 2.05) is 0 Å². The van der Waals surface area contributed by atoms with Crippen molar-refractivity contribution in [1.29, 1.82) is 5.26 Å². The molecular formula is C12H9N2O3-. The molecule has 1 rings (SSSR count). The number of aliphatic carboxylic acids is 1. The summed E-state index contributed by atoms with van der Waals surface area (Å²) in [6, 6.07) is 7.92. The minimum Gasteiger partial charge on any atom is -0.544 e. The van der Waals surface area contributed by atoms with Crippen LogP contribution in [-0.4, -0.2) is 11.9 Å². The molecule has 0 spiro atoms. The fourth-order valence-corrected chi connectivity index (χ4v) is 1.17. The normalized spacial score (nSPS) is 10.5. The number of carboxylic acids is 1. The highest BCUT2D eigenvalue weighted by Crippen LogP contribution is 2.12. The monoisotopic (exact) mass is 229 g/mol. The van der Waals surface area contributed by atoms with Gasteiger partial charge in [0.25, 0.3) is 0 Å². The van der Waals surface area contributed by atoms with Crippen LogP contribution in [0.3, 0.4) is 0 Å². The molecule has 1 amide bonds. The van der Waals surface area contributed by atoms with E-state index in [-0.39, 0.29) is 5.91 Å². The van der Waals surface area contributed by atoms with Crippen LogP contribution in [0, 0.1) is 11.3 Å². The zero-order valence-electron chi connectivity index (χ0n) is 9.06. The van der Waals surface area contributed by atoms with Crippen molar-refractivity contribution in [1.82, 2.24) is 0 Å². The van der Waals surface area contributed by atoms with Crippen LogP contribution >= 0.6 is 0 Å². The van der Waals surface area contributed by atoms with E-state index in [2.05, 4.69) is 5.32 Å². The van der Waals surface area contributed by atoms with Gasteiger partial charge in [-0.15, -0.1) is 0 Å². The summed E-state index contributed by atoms with van der Waals surface area (Å²) in [7, 11) is 0. The molecule has 1 N–H and O–H groups in total. The Kier molecular flexibility index (Phi) is 4.01. The lowest BCUT2D eigenvalue weighted by Gasteiger charge is -2.03. The lowest BCUT2D eigenvalue weighted by molar-refractivity contribution is -0.298. The van der Waals surface area contributed by atoms with Crippen LogP contribution in [-0.2, 0) is 9.59 Å². The zero-order valence-corrected chi connectivity index (χ0v) is 9.06. The molecule has 0 aromatic heterocycles. The van der Waals surface area contributed by atoms with Gasteiger partial charge in [0, 0.05) is 12.6 Å². The molecule has 0 radical (unpaired) electrons. The van der Waals surface area contributed by atoms with Crippen LogP contribution in [0.5, 0.6) is 0 Å². The number of hydrogen-bond donors (Lipinski definition) is 1. The number of nitriles is 1. The molecule has 5 heteroatoms. The molecule has 0 aliphatic carbocycles. The lowest BCUT2D eigenvalue weighted by Crippen LogP contribution is -2.23. The second kappa shape index (κ2) is 5.47. The standard InChI is InChI=1S/C12H10N2O3/c1-8(15)14-11-4-2-9(3-5-11)6-10(7-13)12(16)17/h2-6H,1H3,(H,14,15)(H,16,17)/p-1/b10-6+. The number of amides is 1. The van der Waals surface area contributed by atoms with Crippen molar-refractivity contribution >= 4 is 23.6 Å². The molecule has 0 fully saturated rings. The van der Waals surface area contributed by atoms with Crippen LogP contribution in [0.25, 0.3) is 6.08 Å². The highest BCUT2D eigenvalue weighted by Gasteiger charge is 1.98. The molecule has 0 unspecified atom stereocenters. The van der Waals surface area contributed by atoms with Gasteiger partial charge in [0.2, 0.25) is 5.91 Å². The first-order chi connectivity index (χ1) is 8.02. The van der Waals surface area contributed by atoms with Gasteiger partial charge in [-0.1, -0.05) is 12.1 Å². The third kappa shape index (κ3) is 3.80. The Bertz CT molecular complexity index is 510. The summed E-state index contributed by atoms with van der Waals surface area (Å²) >= 11 is 0. The number of benzene rings is 1. The van der Waals surface area contributed by atoms with Crippen molar-refractivity contribution in [3.05, 3.63) is 35.4 Å². The topological polar surface area (TPSA) is 93.0 Å². The van der Waals surface area contributed by atoms with Crippen LogP contribution in [0.2, 0.25) is 0 Å². The smallest absolute Gasteiger partial charge is 0.221 e. The number of carbonyl (C=O) groups is 2. The minimum atomic E-state index is -1.52. The lowest BCUT2D eigenvalue weighted by atomic mass is 10.1. The van der Waals surface area contributed by atoms with Crippen molar-refractivity contribution < 1.29 is 14.7 Å². The van der Waals surface area contributed by atoms with Gasteiger partial charge in [-0.2, -0.15) is 5.26 Å². The first kappa shape index (κ1) is 12.5. The molecule has 5 nitrogen and oxygen atoms in total. The summed E-state index contributed by atoms with van der Waals surface area (Å²) in [5.74, 6) is -1.71. The first-order valence-corrected chi connectivity index (χ1v) is 4.73. The number of anilines is 1.